The first-order valence-corrected chi connectivity index (χ1v) is 9.83. The number of anilines is 1. The Morgan fingerprint density at radius 1 is 1.18 bits per heavy atom. The molecule has 1 amide bonds. The van der Waals surface area contributed by atoms with Gasteiger partial charge < -0.3 is 4.74 Å². The van der Waals surface area contributed by atoms with Crippen molar-refractivity contribution in [2.75, 3.05) is 12.1 Å². The molecule has 0 aliphatic carbocycles. The smallest absolute Gasteiger partial charge is 0.280 e. The van der Waals surface area contributed by atoms with Crippen LogP contribution >= 0.6 is 0 Å². The topological polar surface area (TPSA) is 41.9 Å². The van der Waals surface area contributed by atoms with Crippen LogP contribution in [0.2, 0.25) is 0 Å². The van der Waals surface area contributed by atoms with Crippen molar-refractivity contribution in [3.05, 3.63) is 64.7 Å². The summed E-state index contributed by atoms with van der Waals surface area (Å²) in [5.74, 6) is 1.15. The van der Waals surface area contributed by atoms with Gasteiger partial charge in [-0.15, -0.1) is 0 Å². The molecule has 1 heterocycles. The third-order valence-electron chi connectivity index (χ3n) is 4.98. The zero-order chi connectivity index (χ0) is 20.3. The third-order valence-corrected chi connectivity index (χ3v) is 4.98. The zero-order valence-electron chi connectivity index (χ0n) is 17.3. The highest BCUT2D eigenvalue weighted by Crippen LogP contribution is 2.32. The summed E-state index contributed by atoms with van der Waals surface area (Å²) in [6.45, 7) is 8.44. The van der Waals surface area contributed by atoms with Gasteiger partial charge >= 0.3 is 0 Å². The molecule has 4 heteroatoms. The number of aryl methyl sites for hydroxylation is 1. The predicted octanol–water partition coefficient (Wildman–Crippen LogP) is 5.71. The van der Waals surface area contributed by atoms with Crippen LogP contribution in [0.25, 0.3) is 6.08 Å². The second kappa shape index (κ2) is 8.42. The number of carbonyl (C=O) groups is 1. The van der Waals surface area contributed by atoms with Gasteiger partial charge in [0.1, 0.15) is 5.75 Å². The minimum Gasteiger partial charge on any atom is -0.496 e. The molecule has 1 aliphatic rings. The Labute approximate surface area is 167 Å². The van der Waals surface area contributed by atoms with Crippen molar-refractivity contribution in [3.8, 4) is 5.75 Å². The van der Waals surface area contributed by atoms with Crippen LogP contribution in [0, 0.1) is 6.92 Å². The van der Waals surface area contributed by atoms with E-state index in [0.717, 1.165) is 46.7 Å². The van der Waals surface area contributed by atoms with Crippen molar-refractivity contribution >= 4 is 23.4 Å². The van der Waals surface area contributed by atoms with Crippen LogP contribution < -0.4 is 9.75 Å². The summed E-state index contributed by atoms with van der Waals surface area (Å²) in [5, 5.41) is 6.15. The third kappa shape index (κ3) is 3.86. The molecule has 0 N–H and O–H groups in total. The summed E-state index contributed by atoms with van der Waals surface area (Å²) in [4.78, 5) is 13.2. The summed E-state index contributed by atoms with van der Waals surface area (Å²) >= 11 is 0. The van der Waals surface area contributed by atoms with Gasteiger partial charge in [0.2, 0.25) is 0 Å². The number of carbonyl (C=O) groups excluding carboxylic acids is 1. The Hall–Kier alpha value is -2.88. The fraction of sp³-hybridized carbons (Fsp3) is 0.333. The van der Waals surface area contributed by atoms with Gasteiger partial charge in [-0.25, -0.2) is 0 Å². The number of rotatable bonds is 6. The second-order valence-electron chi connectivity index (χ2n) is 7.41. The molecule has 0 atom stereocenters. The average molecular weight is 377 g/mol. The molecular weight excluding hydrogens is 348 g/mol. The van der Waals surface area contributed by atoms with Crippen molar-refractivity contribution in [3.63, 3.8) is 0 Å². The van der Waals surface area contributed by atoms with E-state index in [2.05, 4.69) is 31.9 Å². The number of para-hydroxylation sites is 1. The van der Waals surface area contributed by atoms with Crippen LogP contribution in [0.5, 0.6) is 5.75 Å². The lowest BCUT2D eigenvalue weighted by atomic mass is 9.94. The Bertz CT molecular complexity index is 927. The number of hydrazone groups is 1. The molecule has 2 aromatic carbocycles. The van der Waals surface area contributed by atoms with Crippen LogP contribution in [0.4, 0.5) is 5.69 Å². The molecule has 0 radical (unpaired) electrons. The molecule has 2 aromatic rings. The Balaban J connectivity index is 2.06. The SMILES string of the molecule is CCCC1=NN(c2ccccc2)C(=O)/C1=C\c1cc(C(C)C)c(OC)cc1C. The normalized spacial score (nSPS) is 15.5. The van der Waals surface area contributed by atoms with Gasteiger partial charge in [0.05, 0.1) is 24.1 Å². The molecule has 3 rings (SSSR count). The van der Waals surface area contributed by atoms with Crippen LogP contribution in [0.1, 0.15) is 56.2 Å². The van der Waals surface area contributed by atoms with Crippen molar-refractivity contribution in [2.45, 2.75) is 46.5 Å². The van der Waals surface area contributed by atoms with Crippen molar-refractivity contribution in [1.82, 2.24) is 0 Å². The predicted molar refractivity (Wildman–Crippen MR) is 116 cm³/mol. The summed E-state index contributed by atoms with van der Waals surface area (Å²) < 4.78 is 5.55. The van der Waals surface area contributed by atoms with E-state index in [1.807, 2.05) is 49.4 Å². The highest BCUT2D eigenvalue weighted by atomic mass is 16.5. The van der Waals surface area contributed by atoms with Gasteiger partial charge in [0.15, 0.2) is 0 Å². The standard InChI is InChI=1S/C24H28N2O2/c1-6-10-22-21(24(27)26(25-22)19-11-8-7-9-12-19)15-18-14-20(16(2)3)23(28-5)13-17(18)4/h7-9,11-16H,6,10H2,1-5H3/b21-15-. The van der Waals surface area contributed by atoms with Crippen LogP contribution in [-0.4, -0.2) is 18.7 Å². The van der Waals surface area contributed by atoms with E-state index >= 15 is 0 Å². The zero-order valence-corrected chi connectivity index (χ0v) is 17.3. The monoisotopic (exact) mass is 376 g/mol. The van der Waals surface area contributed by atoms with E-state index in [-0.39, 0.29) is 5.91 Å². The molecule has 0 spiro atoms. The average Bonchev–Trinajstić information content (AvgIpc) is 2.99. The maximum absolute atomic E-state index is 13.2. The lowest BCUT2D eigenvalue weighted by Crippen LogP contribution is -2.21. The highest BCUT2D eigenvalue weighted by Gasteiger charge is 2.30. The van der Waals surface area contributed by atoms with Gasteiger partial charge in [0, 0.05) is 0 Å². The number of amides is 1. The lowest BCUT2D eigenvalue weighted by Gasteiger charge is -2.15. The first kappa shape index (κ1) is 19.9. The number of nitrogens with zero attached hydrogens (tertiary/aromatic N) is 2. The van der Waals surface area contributed by atoms with Gasteiger partial charge in [0.25, 0.3) is 5.91 Å². The van der Waals surface area contributed by atoms with Crippen molar-refractivity contribution in [1.29, 1.82) is 0 Å². The Morgan fingerprint density at radius 2 is 1.89 bits per heavy atom. The fourth-order valence-corrected chi connectivity index (χ4v) is 3.42. The lowest BCUT2D eigenvalue weighted by molar-refractivity contribution is -0.114. The Morgan fingerprint density at radius 3 is 2.50 bits per heavy atom. The van der Waals surface area contributed by atoms with Crippen LogP contribution in [-0.2, 0) is 4.79 Å². The summed E-state index contributed by atoms with van der Waals surface area (Å²) in [5.41, 5.74) is 5.56. The maximum Gasteiger partial charge on any atom is 0.280 e. The van der Waals surface area contributed by atoms with Crippen molar-refractivity contribution in [2.24, 2.45) is 5.10 Å². The van der Waals surface area contributed by atoms with Crippen molar-refractivity contribution < 1.29 is 9.53 Å². The molecule has 4 nitrogen and oxygen atoms in total. The fourth-order valence-electron chi connectivity index (χ4n) is 3.42. The molecular formula is C24H28N2O2. The van der Waals surface area contributed by atoms with Crippen LogP contribution in [0.15, 0.2) is 53.1 Å². The van der Waals surface area contributed by atoms with Gasteiger partial charge in [-0.3, -0.25) is 4.79 Å². The summed E-state index contributed by atoms with van der Waals surface area (Å²) in [7, 11) is 1.70. The summed E-state index contributed by atoms with van der Waals surface area (Å²) in [6, 6.07) is 13.8. The minimum absolute atomic E-state index is 0.0732. The van der Waals surface area contributed by atoms with E-state index in [1.165, 1.54) is 5.01 Å². The number of hydrogen-bond donors (Lipinski definition) is 0. The molecule has 146 valence electrons. The van der Waals surface area contributed by atoms with E-state index < -0.39 is 0 Å². The molecule has 0 unspecified atom stereocenters. The molecule has 0 saturated carbocycles. The second-order valence-corrected chi connectivity index (χ2v) is 7.41. The quantitative estimate of drug-likeness (QED) is 0.606. The Kier molecular flexibility index (Phi) is 5.98. The maximum atomic E-state index is 13.2. The number of hydrogen-bond acceptors (Lipinski definition) is 3. The first-order chi connectivity index (χ1) is 13.5. The molecule has 0 aromatic heterocycles. The van der Waals surface area contributed by atoms with Gasteiger partial charge in [-0.05, 0) is 66.3 Å². The summed E-state index contributed by atoms with van der Waals surface area (Å²) in [6.07, 6.45) is 3.69. The molecule has 0 bridgehead atoms. The van der Waals surface area contributed by atoms with E-state index in [9.17, 15) is 4.79 Å². The van der Waals surface area contributed by atoms with Gasteiger partial charge in [-0.1, -0.05) is 45.4 Å². The molecule has 28 heavy (non-hydrogen) atoms. The first-order valence-electron chi connectivity index (χ1n) is 9.83. The van der Waals surface area contributed by atoms with Gasteiger partial charge in [-0.2, -0.15) is 10.1 Å². The highest BCUT2D eigenvalue weighted by molar-refractivity contribution is 6.32. The minimum atomic E-state index is -0.0732. The molecule has 1 aliphatic heterocycles. The molecule has 0 saturated heterocycles. The van der Waals surface area contributed by atoms with E-state index in [4.69, 9.17) is 4.74 Å². The van der Waals surface area contributed by atoms with E-state index in [1.54, 1.807) is 7.11 Å². The van der Waals surface area contributed by atoms with Crippen LogP contribution in [0.3, 0.4) is 0 Å². The number of methoxy groups -OCH3 is 1. The van der Waals surface area contributed by atoms with E-state index in [0.29, 0.717) is 11.5 Å². The number of benzene rings is 2. The molecule has 0 fully saturated rings. The number of ether oxygens (including phenoxy) is 1. The largest absolute Gasteiger partial charge is 0.496 e.